The second-order valence-electron chi connectivity index (χ2n) is 6.31. The molecule has 0 fully saturated rings. The molecule has 0 aliphatic carbocycles. The van der Waals surface area contributed by atoms with Gasteiger partial charge in [0, 0.05) is 17.3 Å². The first kappa shape index (κ1) is 20.1. The maximum Gasteiger partial charge on any atom is 0.311 e. The molecule has 3 rings (SSSR count). The lowest BCUT2D eigenvalue weighted by molar-refractivity contribution is -0.154. The van der Waals surface area contributed by atoms with Crippen molar-refractivity contribution in [2.45, 2.75) is 12.5 Å². The number of halogens is 1. The van der Waals surface area contributed by atoms with Gasteiger partial charge in [-0.05, 0) is 29.8 Å². The topological polar surface area (TPSA) is 64.6 Å². The Morgan fingerprint density at radius 3 is 2.45 bits per heavy atom. The number of benzene rings is 3. The molecule has 0 radical (unpaired) electrons. The summed E-state index contributed by atoms with van der Waals surface area (Å²) in [5.74, 6) is -0.991. The van der Waals surface area contributed by atoms with Gasteiger partial charge in [-0.2, -0.15) is 0 Å². The predicted octanol–water partition coefficient (Wildman–Crippen LogP) is 4.30. The first-order chi connectivity index (χ1) is 14.0. The van der Waals surface area contributed by atoms with E-state index in [1.165, 1.54) is 25.3 Å². The Kier molecular flexibility index (Phi) is 6.58. The number of carbonyl (C=O) groups is 2. The summed E-state index contributed by atoms with van der Waals surface area (Å²) in [5, 5.41) is 2.74. The number of amides is 1. The Balaban J connectivity index is 1.77. The minimum Gasteiger partial charge on any atom is -0.497 e. The molecule has 0 heterocycles. The fraction of sp³-hybridized carbons (Fsp3) is 0.130. The van der Waals surface area contributed by atoms with Crippen molar-refractivity contribution < 1.29 is 23.5 Å². The van der Waals surface area contributed by atoms with Crippen molar-refractivity contribution in [2.24, 2.45) is 0 Å². The molecule has 0 bridgehead atoms. The molecule has 1 N–H and O–H groups in total. The van der Waals surface area contributed by atoms with Crippen LogP contribution in [0.15, 0.2) is 78.9 Å². The molecule has 0 aliphatic rings. The minimum atomic E-state index is -1.15. The van der Waals surface area contributed by atoms with Crippen LogP contribution in [-0.2, 0) is 20.7 Å². The van der Waals surface area contributed by atoms with Crippen LogP contribution in [0.5, 0.6) is 5.75 Å². The Morgan fingerprint density at radius 2 is 1.72 bits per heavy atom. The summed E-state index contributed by atoms with van der Waals surface area (Å²) in [6, 6.07) is 21.3. The zero-order valence-corrected chi connectivity index (χ0v) is 15.8. The van der Waals surface area contributed by atoms with E-state index in [9.17, 15) is 14.0 Å². The van der Waals surface area contributed by atoms with E-state index in [-0.39, 0.29) is 6.42 Å². The quantitative estimate of drug-likeness (QED) is 0.608. The molecule has 0 saturated heterocycles. The predicted molar refractivity (Wildman–Crippen MR) is 107 cm³/mol. The first-order valence-electron chi connectivity index (χ1n) is 8.99. The normalized spacial score (nSPS) is 11.4. The molecule has 0 spiro atoms. The Morgan fingerprint density at radius 1 is 0.966 bits per heavy atom. The Bertz CT molecular complexity index is 991. The summed E-state index contributed by atoms with van der Waals surface area (Å²) in [7, 11) is 1.53. The largest absolute Gasteiger partial charge is 0.497 e. The summed E-state index contributed by atoms with van der Waals surface area (Å²) in [6.07, 6.45) is -1.29. The number of hydrogen-bond acceptors (Lipinski definition) is 4. The van der Waals surface area contributed by atoms with Crippen molar-refractivity contribution in [3.63, 3.8) is 0 Å². The molecule has 29 heavy (non-hydrogen) atoms. The lowest BCUT2D eigenvalue weighted by Crippen LogP contribution is -2.26. The Labute approximate surface area is 168 Å². The highest BCUT2D eigenvalue weighted by Gasteiger charge is 2.25. The molecule has 5 nitrogen and oxygen atoms in total. The number of rotatable bonds is 7. The molecule has 0 unspecified atom stereocenters. The average molecular weight is 393 g/mol. The number of esters is 1. The van der Waals surface area contributed by atoms with E-state index >= 15 is 0 Å². The van der Waals surface area contributed by atoms with Crippen LogP contribution in [0.25, 0.3) is 0 Å². The van der Waals surface area contributed by atoms with E-state index in [1.807, 2.05) is 0 Å². The van der Waals surface area contributed by atoms with Crippen LogP contribution in [0.1, 0.15) is 17.2 Å². The van der Waals surface area contributed by atoms with Crippen molar-refractivity contribution in [1.29, 1.82) is 0 Å². The van der Waals surface area contributed by atoms with E-state index in [2.05, 4.69) is 5.32 Å². The van der Waals surface area contributed by atoms with E-state index in [1.54, 1.807) is 60.7 Å². The van der Waals surface area contributed by atoms with Crippen LogP contribution in [0.3, 0.4) is 0 Å². The molecular formula is C23H20FNO4. The summed E-state index contributed by atoms with van der Waals surface area (Å²) in [6.45, 7) is 0. The third-order valence-electron chi connectivity index (χ3n) is 4.16. The van der Waals surface area contributed by atoms with Crippen LogP contribution in [0.2, 0.25) is 0 Å². The third-order valence-corrected chi connectivity index (χ3v) is 4.16. The van der Waals surface area contributed by atoms with E-state index < -0.39 is 23.8 Å². The lowest BCUT2D eigenvalue weighted by Gasteiger charge is -2.18. The van der Waals surface area contributed by atoms with Gasteiger partial charge in [0.15, 0.2) is 0 Å². The van der Waals surface area contributed by atoms with Gasteiger partial charge in [0.2, 0.25) is 6.10 Å². The number of ether oxygens (including phenoxy) is 2. The summed E-state index contributed by atoms with van der Waals surface area (Å²) >= 11 is 0. The molecule has 1 amide bonds. The summed E-state index contributed by atoms with van der Waals surface area (Å²) in [4.78, 5) is 25.3. The summed E-state index contributed by atoms with van der Waals surface area (Å²) in [5.41, 5.74) is 1.51. The maximum absolute atomic E-state index is 13.4. The van der Waals surface area contributed by atoms with Crippen molar-refractivity contribution in [1.82, 2.24) is 0 Å². The van der Waals surface area contributed by atoms with Gasteiger partial charge < -0.3 is 14.8 Å². The molecule has 0 aromatic heterocycles. The standard InChI is InChI=1S/C23H20FNO4/c1-28-20-12-6-11-19(15-20)25-23(27)22(17-8-3-2-4-9-17)29-21(26)14-16-7-5-10-18(24)13-16/h2-13,15,22H,14H2,1H3,(H,25,27)/t22-/m0/s1. The second-order valence-corrected chi connectivity index (χ2v) is 6.31. The number of nitrogens with one attached hydrogen (secondary N) is 1. The SMILES string of the molecule is COc1cccc(NC(=O)[C@@H](OC(=O)Cc2cccc(F)c2)c2ccccc2)c1. The number of anilines is 1. The Hall–Kier alpha value is -3.67. The van der Waals surface area contributed by atoms with Crippen molar-refractivity contribution in [3.05, 3.63) is 95.8 Å². The van der Waals surface area contributed by atoms with Crippen LogP contribution < -0.4 is 10.1 Å². The number of hydrogen-bond donors (Lipinski definition) is 1. The van der Waals surface area contributed by atoms with Gasteiger partial charge in [-0.1, -0.05) is 48.5 Å². The lowest BCUT2D eigenvalue weighted by atomic mass is 10.1. The van der Waals surface area contributed by atoms with Crippen LogP contribution >= 0.6 is 0 Å². The zero-order valence-electron chi connectivity index (χ0n) is 15.8. The monoisotopic (exact) mass is 393 g/mol. The first-order valence-corrected chi connectivity index (χ1v) is 8.99. The smallest absolute Gasteiger partial charge is 0.311 e. The fourth-order valence-corrected chi connectivity index (χ4v) is 2.80. The van der Waals surface area contributed by atoms with Crippen molar-refractivity contribution in [3.8, 4) is 5.75 Å². The molecule has 148 valence electrons. The van der Waals surface area contributed by atoms with Crippen LogP contribution in [0.4, 0.5) is 10.1 Å². The average Bonchev–Trinajstić information content (AvgIpc) is 2.72. The van der Waals surface area contributed by atoms with Crippen molar-refractivity contribution in [2.75, 3.05) is 12.4 Å². The van der Waals surface area contributed by atoms with Crippen LogP contribution in [0, 0.1) is 5.82 Å². The number of carbonyl (C=O) groups excluding carboxylic acids is 2. The van der Waals surface area contributed by atoms with Gasteiger partial charge in [-0.25, -0.2) is 4.39 Å². The van der Waals surface area contributed by atoms with Gasteiger partial charge in [0.05, 0.1) is 13.5 Å². The highest BCUT2D eigenvalue weighted by molar-refractivity contribution is 5.96. The minimum absolute atomic E-state index is 0.145. The molecule has 1 atom stereocenters. The third kappa shape index (κ3) is 5.65. The van der Waals surface area contributed by atoms with Gasteiger partial charge >= 0.3 is 5.97 Å². The summed E-state index contributed by atoms with van der Waals surface area (Å²) < 4.78 is 24.0. The fourth-order valence-electron chi connectivity index (χ4n) is 2.80. The van der Waals surface area contributed by atoms with Gasteiger partial charge in [0.25, 0.3) is 5.91 Å². The maximum atomic E-state index is 13.4. The highest BCUT2D eigenvalue weighted by atomic mass is 19.1. The molecule has 0 saturated carbocycles. The highest BCUT2D eigenvalue weighted by Crippen LogP contribution is 2.23. The van der Waals surface area contributed by atoms with Gasteiger partial charge in [-0.3, -0.25) is 9.59 Å². The molecule has 6 heteroatoms. The molecule has 3 aromatic rings. The second kappa shape index (κ2) is 9.50. The number of methoxy groups -OCH3 is 1. The molecular weight excluding hydrogens is 373 g/mol. The van der Waals surface area contributed by atoms with E-state index in [0.717, 1.165) is 0 Å². The van der Waals surface area contributed by atoms with E-state index in [4.69, 9.17) is 9.47 Å². The van der Waals surface area contributed by atoms with Crippen LogP contribution in [-0.4, -0.2) is 19.0 Å². The van der Waals surface area contributed by atoms with Gasteiger partial charge in [0.1, 0.15) is 11.6 Å². The van der Waals surface area contributed by atoms with E-state index in [0.29, 0.717) is 22.6 Å². The zero-order chi connectivity index (χ0) is 20.6. The molecule has 3 aromatic carbocycles. The van der Waals surface area contributed by atoms with Gasteiger partial charge in [-0.15, -0.1) is 0 Å². The van der Waals surface area contributed by atoms with Crippen molar-refractivity contribution >= 4 is 17.6 Å². The molecule has 0 aliphatic heterocycles.